The smallest absolute Gasteiger partial charge is 0.315 e. The lowest BCUT2D eigenvalue weighted by Crippen LogP contribution is -1.90. The summed E-state index contributed by atoms with van der Waals surface area (Å²) in [5, 5.41) is 29.9. The van der Waals surface area contributed by atoms with Gasteiger partial charge in [-0.25, -0.2) is 4.98 Å². The number of nitro benzene ring substituents is 1. The molecule has 7 heteroatoms. The van der Waals surface area contributed by atoms with E-state index in [0.29, 0.717) is 5.69 Å². The van der Waals surface area contributed by atoms with Crippen LogP contribution in [0.3, 0.4) is 0 Å². The van der Waals surface area contributed by atoms with Crippen molar-refractivity contribution in [2.75, 3.05) is 0 Å². The first-order chi connectivity index (χ1) is 10.6. The second-order valence-electron chi connectivity index (χ2n) is 4.52. The molecule has 0 aliphatic carbocycles. The highest BCUT2D eigenvalue weighted by atomic mass is 16.6. The van der Waals surface area contributed by atoms with Gasteiger partial charge in [0.25, 0.3) is 0 Å². The van der Waals surface area contributed by atoms with Crippen molar-refractivity contribution in [3.05, 3.63) is 58.8 Å². The molecular formula is C15H10N2O5. The Morgan fingerprint density at radius 1 is 1.09 bits per heavy atom. The molecule has 7 nitrogen and oxygen atoms in total. The first-order valence-electron chi connectivity index (χ1n) is 6.28. The van der Waals surface area contributed by atoms with Gasteiger partial charge in [0.15, 0.2) is 5.75 Å². The third-order valence-corrected chi connectivity index (χ3v) is 3.09. The Hall–Kier alpha value is -3.35. The molecule has 0 amide bonds. The van der Waals surface area contributed by atoms with Crippen LogP contribution < -0.4 is 0 Å². The number of hydrogen-bond acceptors (Lipinski definition) is 6. The molecule has 0 unspecified atom stereocenters. The predicted octanol–water partition coefficient (Wildman–Crippen LogP) is 3.33. The number of phenols is 2. The predicted molar refractivity (Wildman–Crippen MR) is 77.4 cm³/mol. The van der Waals surface area contributed by atoms with Gasteiger partial charge >= 0.3 is 5.69 Å². The summed E-state index contributed by atoms with van der Waals surface area (Å²) in [4.78, 5) is 14.3. The maximum absolute atomic E-state index is 10.9. The Labute approximate surface area is 124 Å². The Kier molecular flexibility index (Phi) is 3.23. The van der Waals surface area contributed by atoms with E-state index in [4.69, 9.17) is 4.42 Å². The normalized spacial score (nSPS) is 10.5. The molecule has 110 valence electrons. The fourth-order valence-electron chi connectivity index (χ4n) is 2.01. The molecule has 2 aromatic carbocycles. The van der Waals surface area contributed by atoms with Gasteiger partial charge in [-0.05, 0) is 6.07 Å². The third-order valence-electron chi connectivity index (χ3n) is 3.09. The van der Waals surface area contributed by atoms with Crippen LogP contribution in [0.5, 0.6) is 11.5 Å². The highest BCUT2D eigenvalue weighted by molar-refractivity contribution is 5.69. The van der Waals surface area contributed by atoms with Crippen LogP contribution in [-0.2, 0) is 0 Å². The van der Waals surface area contributed by atoms with Gasteiger partial charge < -0.3 is 14.6 Å². The highest BCUT2D eigenvalue weighted by Gasteiger charge is 2.21. The first kappa shape index (κ1) is 13.6. The minimum atomic E-state index is -0.792. The second-order valence-corrected chi connectivity index (χ2v) is 4.52. The molecule has 3 aromatic rings. The van der Waals surface area contributed by atoms with Crippen molar-refractivity contribution in [2.24, 2.45) is 0 Å². The molecule has 0 atom stereocenters. The molecule has 0 radical (unpaired) electrons. The van der Waals surface area contributed by atoms with Crippen LogP contribution in [-0.4, -0.2) is 20.1 Å². The average molecular weight is 298 g/mol. The lowest BCUT2D eigenvalue weighted by molar-refractivity contribution is -0.385. The molecule has 0 aliphatic rings. The van der Waals surface area contributed by atoms with Gasteiger partial charge in [0.1, 0.15) is 12.0 Å². The van der Waals surface area contributed by atoms with E-state index in [1.54, 1.807) is 0 Å². The molecule has 0 aliphatic heterocycles. The van der Waals surface area contributed by atoms with Crippen molar-refractivity contribution >= 4 is 5.69 Å². The summed E-state index contributed by atoms with van der Waals surface area (Å²) in [5.74, 6) is -1.29. The number of aromatic nitrogens is 1. The van der Waals surface area contributed by atoms with Crippen LogP contribution in [0.2, 0.25) is 0 Å². The summed E-state index contributed by atoms with van der Waals surface area (Å²) < 4.78 is 5.31. The molecule has 0 spiro atoms. The quantitative estimate of drug-likeness (QED) is 0.436. The second kappa shape index (κ2) is 5.21. The zero-order valence-corrected chi connectivity index (χ0v) is 11.1. The number of aromatic hydroxyl groups is 2. The van der Waals surface area contributed by atoms with E-state index in [0.717, 1.165) is 17.7 Å². The van der Waals surface area contributed by atoms with Gasteiger partial charge in [0.2, 0.25) is 11.6 Å². The van der Waals surface area contributed by atoms with E-state index in [-0.39, 0.29) is 11.5 Å². The van der Waals surface area contributed by atoms with Gasteiger partial charge in [-0.1, -0.05) is 30.3 Å². The lowest BCUT2D eigenvalue weighted by Gasteiger charge is -2.01. The van der Waals surface area contributed by atoms with Crippen molar-refractivity contribution in [2.45, 2.75) is 0 Å². The highest BCUT2D eigenvalue weighted by Crippen LogP contribution is 2.39. The number of hydrogen-bond donors (Lipinski definition) is 2. The Balaban J connectivity index is 2.06. The summed E-state index contributed by atoms with van der Waals surface area (Å²) in [6.07, 6.45) is 1.42. The van der Waals surface area contributed by atoms with E-state index in [2.05, 4.69) is 4.98 Å². The molecule has 1 heterocycles. The number of phenolic OH excluding ortho intramolecular Hbond substituents is 2. The lowest BCUT2D eigenvalue weighted by atomic mass is 10.1. The summed E-state index contributed by atoms with van der Waals surface area (Å²) in [6.45, 7) is 0. The molecule has 22 heavy (non-hydrogen) atoms. The van der Waals surface area contributed by atoms with E-state index in [1.807, 2.05) is 30.3 Å². The Morgan fingerprint density at radius 3 is 2.50 bits per heavy atom. The summed E-state index contributed by atoms with van der Waals surface area (Å²) in [5.41, 5.74) is 0.972. The monoisotopic (exact) mass is 298 g/mol. The SMILES string of the molecule is O=[N+]([O-])c1cc(-c2nc(-c3ccccc3)co2)cc(O)c1O. The summed E-state index contributed by atoms with van der Waals surface area (Å²) >= 11 is 0. The zero-order chi connectivity index (χ0) is 15.7. The molecule has 0 saturated carbocycles. The van der Waals surface area contributed by atoms with Crippen LogP contribution in [0.1, 0.15) is 0 Å². The molecule has 3 rings (SSSR count). The number of oxazole rings is 1. The van der Waals surface area contributed by atoms with E-state index >= 15 is 0 Å². The van der Waals surface area contributed by atoms with Crippen molar-refractivity contribution < 1.29 is 19.6 Å². The van der Waals surface area contributed by atoms with Crippen LogP contribution in [0.15, 0.2) is 53.1 Å². The first-order valence-corrected chi connectivity index (χ1v) is 6.28. The standard InChI is InChI=1S/C15H10N2O5/c18-13-7-10(6-12(14(13)19)17(20)21)15-16-11(8-22-15)9-4-2-1-3-5-9/h1-8,18-19H. The van der Waals surface area contributed by atoms with Crippen LogP contribution >= 0.6 is 0 Å². The molecule has 1 aromatic heterocycles. The fraction of sp³-hybridized carbons (Fsp3) is 0. The van der Waals surface area contributed by atoms with Crippen molar-refractivity contribution in [1.82, 2.24) is 4.98 Å². The van der Waals surface area contributed by atoms with Crippen LogP contribution in [0, 0.1) is 10.1 Å². The summed E-state index contributed by atoms with van der Waals surface area (Å²) in [6, 6.07) is 11.5. The van der Waals surface area contributed by atoms with Gasteiger partial charge in [-0.15, -0.1) is 0 Å². The average Bonchev–Trinajstić information content (AvgIpc) is 3.00. The van der Waals surface area contributed by atoms with Crippen molar-refractivity contribution in [1.29, 1.82) is 0 Å². The number of benzene rings is 2. The number of nitrogens with zero attached hydrogens (tertiary/aromatic N) is 2. The van der Waals surface area contributed by atoms with Crippen molar-refractivity contribution in [3.63, 3.8) is 0 Å². The van der Waals surface area contributed by atoms with E-state index in [9.17, 15) is 20.3 Å². The maximum atomic E-state index is 10.9. The van der Waals surface area contributed by atoms with Crippen LogP contribution in [0.25, 0.3) is 22.7 Å². The Morgan fingerprint density at radius 2 is 1.82 bits per heavy atom. The molecule has 0 saturated heterocycles. The maximum Gasteiger partial charge on any atom is 0.315 e. The van der Waals surface area contributed by atoms with Gasteiger partial charge in [0, 0.05) is 17.2 Å². The molecule has 0 fully saturated rings. The van der Waals surface area contributed by atoms with Gasteiger partial charge in [-0.3, -0.25) is 10.1 Å². The minimum Gasteiger partial charge on any atom is -0.504 e. The number of nitro groups is 1. The fourth-order valence-corrected chi connectivity index (χ4v) is 2.01. The van der Waals surface area contributed by atoms with Gasteiger partial charge in [0.05, 0.1) is 4.92 Å². The van der Waals surface area contributed by atoms with Crippen molar-refractivity contribution in [3.8, 4) is 34.2 Å². The van der Waals surface area contributed by atoms with E-state index in [1.165, 1.54) is 6.26 Å². The number of rotatable bonds is 3. The minimum absolute atomic E-state index is 0.109. The van der Waals surface area contributed by atoms with Gasteiger partial charge in [-0.2, -0.15) is 0 Å². The third kappa shape index (κ3) is 2.35. The molecule has 0 bridgehead atoms. The zero-order valence-electron chi connectivity index (χ0n) is 11.1. The Bertz CT molecular complexity index is 842. The van der Waals surface area contributed by atoms with E-state index < -0.39 is 22.1 Å². The molecule has 2 N–H and O–H groups in total. The largest absolute Gasteiger partial charge is 0.504 e. The summed E-state index contributed by atoms with van der Waals surface area (Å²) in [7, 11) is 0. The van der Waals surface area contributed by atoms with Crippen LogP contribution in [0.4, 0.5) is 5.69 Å². The topological polar surface area (TPSA) is 110 Å². The molecular weight excluding hydrogens is 288 g/mol.